The molecule has 2 atom stereocenters. The Balaban J connectivity index is 0.00000242. The number of benzene rings is 1. The Bertz CT molecular complexity index is 546. The van der Waals surface area contributed by atoms with Crippen LogP contribution in [-0.2, 0) is 16.4 Å². The summed E-state index contributed by atoms with van der Waals surface area (Å²) in [5.74, 6) is 0.364. The first-order valence-electron chi connectivity index (χ1n) is 7.85. The molecule has 6 heteroatoms. The standard InChI is InChI=1S/C16H26N2O2S.ClH/c1-2-4-13-7-9-16(10-8-13)21(19,20)18-12-14-5-3-6-15(17)11-14;/h7-10,14-15,18H,2-6,11-12,17H2,1H3;1H. The molecule has 126 valence electrons. The van der Waals surface area contributed by atoms with E-state index in [-0.39, 0.29) is 18.4 Å². The molecule has 0 saturated heterocycles. The fourth-order valence-electron chi connectivity index (χ4n) is 2.95. The first-order valence-corrected chi connectivity index (χ1v) is 9.33. The quantitative estimate of drug-likeness (QED) is 0.831. The SMILES string of the molecule is CCCc1ccc(S(=O)(=O)NCC2CCCC(N)C2)cc1.Cl. The number of sulfonamides is 1. The van der Waals surface area contributed by atoms with Gasteiger partial charge in [-0.15, -0.1) is 12.4 Å². The van der Waals surface area contributed by atoms with Crippen molar-refractivity contribution in [3.8, 4) is 0 Å². The highest BCUT2D eigenvalue weighted by Crippen LogP contribution is 2.23. The van der Waals surface area contributed by atoms with Crippen LogP contribution in [0.4, 0.5) is 0 Å². The minimum absolute atomic E-state index is 0. The molecule has 1 aromatic carbocycles. The van der Waals surface area contributed by atoms with E-state index in [0.29, 0.717) is 17.4 Å². The summed E-state index contributed by atoms with van der Waals surface area (Å²) < 4.78 is 27.3. The third-order valence-corrected chi connectivity index (χ3v) is 5.60. The van der Waals surface area contributed by atoms with Crippen molar-refractivity contribution in [2.75, 3.05) is 6.54 Å². The summed E-state index contributed by atoms with van der Waals surface area (Å²) in [6.45, 7) is 2.60. The first-order chi connectivity index (χ1) is 10.0. The second kappa shape index (κ2) is 8.87. The van der Waals surface area contributed by atoms with Crippen molar-refractivity contribution in [2.24, 2.45) is 11.7 Å². The maximum Gasteiger partial charge on any atom is 0.240 e. The minimum Gasteiger partial charge on any atom is -0.328 e. The van der Waals surface area contributed by atoms with Crippen molar-refractivity contribution in [3.05, 3.63) is 29.8 Å². The molecule has 0 heterocycles. The van der Waals surface area contributed by atoms with Crippen molar-refractivity contribution >= 4 is 22.4 Å². The third kappa shape index (κ3) is 5.54. The van der Waals surface area contributed by atoms with Crippen molar-refractivity contribution in [1.82, 2.24) is 4.72 Å². The van der Waals surface area contributed by atoms with Gasteiger partial charge in [0.15, 0.2) is 0 Å². The molecule has 1 aliphatic carbocycles. The van der Waals surface area contributed by atoms with Crippen LogP contribution < -0.4 is 10.5 Å². The Hall–Kier alpha value is -0.620. The average molecular weight is 347 g/mol. The van der Waals surface area contributed by atoms with Gasteiger partial charge in [0.2, 0.25) is 10.0 Å². The largest absolute Gasteiger partial charge is 0.328 e. The molecule has 0 bridgehead atoms. The van der Waals surface area contributed by atoms with E-state index in [1.165, 1.54) is 5.56 Å². The number of hydrogen-bond acceptors (Lipinski definition) is 3. The second-order valence-corrected chi connectivity index (χ2v) is 7.81. The lowest BCUT2D eigenvalue weighted by Crippen LogP contribution is -2.35. The van der Waals surface area contributed by atoms with Crippen molar-refractivity contribution in [1.29, 1.82) is 0 Å². The number of nitrogens with one attached hydrogen (secondary N) is 1. The van der Waals surface area contributed by atoms with Gasteiger partial charge in [-0.2, -0.15) is 0 Å². The molecule has 4 nitrogen and oxygen atoms in total. The summed E-state index contributed by atoms with van der Waals surface area (Å²) in [6.07, 6.45) is 6.17. The van der Waals surface area contributed by atoms with Crippen LogP contribution in [0.15, 0.2) is 29.2 Å². The van der Waals surface area contributed by atoms with Crippen LogP contribution in [0.2, 0.25) is 0 Å². The third-order valence-electron chi connectivity index (χ3n) is 4.16. The van der Waals surface area contributed by atoms with E-state index in [9.17, 15) is 8.42 Å². The predicted molar refractivity (Wildman–Crippen MR) is 92.8 cm³/mol. The van der Waals surface area contributed by atoms with Gasteiger partial charge in [0.05, 0.1) is 4.90 Å². The van der Waals surface area contributed by atoms with E-state index >= 15 is 0 Å². The molecule has 0 amide bonds. The van der Waals surface area contributed by atoms with Crippen LogP contribution in [-0.4, -0.2) is 21.0 Å². The summed E-state index contributed by atoms with van der Waals surface area (Å²) in [5.41, 5.74) is 7.12. The maximum absolute atomic E-state index is 12.3. The van der Waals surface area contributed by atoms with Crippen LogP contribution in [0.1, 0.15) is 44.6 Å². The number of nitrogens with two attached hydrogens (primary N) is 1. The first kappa shape index (κ1) is 19.4. The molecule has 22 heavy (non-hydrogen) atoms. The topological polar surface area (TPSA) is 72.2 Å². The molecule has 0 spiro atoms. The van der Waals surface area contributed by atoms with E-state index in [4.69, 9.17) is 5.73 Å². The van der Waals surface area contributed by atoms with Crippen LogP contribution in [0.5, 0.6) is 0 Å². The highest BCUT2D eigenvalue weighted by molar-refractivity contribution is 7.89. The van der Waals surface area contributed by atoms with Gasteiger partial charge in [-0.05, 0) is 49.3 Å². The molecule has 1 saturated carbocycles. The Kier molecular flexibility index (Phi) is 7.83. The van der Waals surface area contributed by atoms with Gasteiger partial charge in [0, 0.05) is 12.6 Å². The monoisotopic (exact) mass is 346 g/mol. The molecule has 2 unspecified atom stereocenters. The van der Waals surface area contributed by atoms with Gasteiger partial charge in [-0.25, -0.2) is 13.1 Å². The Labute approximate surface area is 140 Å². The molecule has 0 aromatic heterocycles. The van der Waals surface area contributed by atoms with Crippen molar-refractivity contribution < 1.29 is 8.42 Å². The molecule has 0 aliphatic heterocycles. The molecular weight excluding hydrogens is 320 g/mol. The molecule has 2 rings (SSSR count). The summed E-state index contributed by atoms with van der Waals surface area (Å²) in [5, 5.41) is 0. The van der Waals surface area contributed by atoms with E-state index in [1.807, 2.05) is 12.1 Å². The lowest BCUT2D eigenvalue weighted by Gasteiger charge is -2.26. The Morgan fingerprint density at radius 2 is 1.91 bits per heavy atom. The van der Waals surface area contributed by atoms with Crippen molar-refractivity contribution in [3.63, 3.8) is 0 Å². The lowest BCUT2D eigenvalue weighted by molar-refractivity contribution is 0.322. The molecule has 3 N–H and O–H groups in total. The van der Waals surface area contributed by atoms with Gasteiger partial charge in [0.25, 0.3) is 0 Å². The zero-order chi connectivity index (χ0) is 15.3. The molecular formula is C16H27ClN2O2S. The van der Waals surface area contributed by atoms with E-state index in [1.54, 1.807) is 12.1 Å². The fourth-order valence-corrected chi connectivity index (χ4v) is 4.07. The van der Waals surface area contributed by atoms with Crippen LogP contribution in [0.3, 0.4) is 0 Å². The second-order valence-electron chi connectivity index (χ2n) is 6.04. The Morgan fingerprint density at radius 1 is 1.23 bits per heavy atom. The van der Waals surface area contributed by atoms with Gasteiger partial charge < -0.3 is 5.73 Å². The van der Waals surface area contributed by atoms with E-state index < -0.39 is 10.0 Å². The zero-order valence-corrected chi connectivity index (χ0v) is 14.8. The zero-order valence-electron chi connectivity index (χ0n) is 13.1. The summed E-state index contributed by atoms with van der Waals surface area (Å²) in [6, 6.07) is 7.41. The normalized spacial score (nSPS) is 22.1. The van der Waals surface area contributed by atoms with E-state index in [2.05, 4.69) is 11.6 Å². The predicted octanol–water partition coefficient (Wildman–Crippen LogP) is 2.86. The fraction of sp³-hybridized carbons (Fsp3) is 0.625. The van der Waals surface area contributed by atoms with E-state index in [0.717, 1.165) is 38.5 Å². The summed E-state index contributed by atoms with van der Waals surface area (Å²) in [7, 11) is -3.40. The van der Waals surface area contributed by atoms with Gasteiger partial charge in [-0.1, -0.05) is 31.9 Å². The van der Waals surface area contributed by atoms with Crippen LogP contribution in [0.25, 0.3) is 0 Å². The van der Waals surface area contributed by atoms with Crippen molar-refractivity contribution in [2.45, 2.75) is 56.4 Å². The molecule has 1 aliphatic rings. The summed E-state index contributed by atoms with van der Waals surface area (Å²) >= 11 is 0. The van der Waals surface area contributed by atoms with Gasteiger partial charge in [0.1, 0.15) is 0 Å². The molecule has 0 radical (unpaired) electrons. The number of rotatable bonds is 6. The maximum atomic E-state index is 12.3. The Morgan fingerprint density at radius 3 is 2.50 bits per heavy atom. The number of hydrogen-bond donors (Lipinski definition) is 2. The lowest BCUT2D eigenvalue weighted by atomic mass is 9.86. The highest BCUT2D eigenvalue weighted by Gasteiger charge is 2.21. The van der Waals surface area contributed by atoms with Gasteiger partial charge in [-0.3, -0.25) is 0 Å². The highest BCUT2D eigenvalue weighted by atomic mass is 35.5. The number of aryl methyl sites for hydroxylation is 1. The average Bonchev–Trinajstić information content (AvgIpc) is 2.46. The number of halogens is 1. The van der Waals surface area contributed by atoms with Crippen LogP contribution >= 0.6 is 12.4 Å². The van der Waals surface area contributed by atoms with Crippen LogP contribution in [0, 0.1) is 5.92 Å². The summed E-state index contributed by atoms with van der Waals surface area (Å²) in [4.78, 5) is 0.350. The minimum atomic E-state index is -3.40. The molecule has 1 fully saturated rings. The smallest absolute Gasteiger partial charge is 0.240 e. The van der Waals surface area contributed by atoms with Gasteiger partial charge >= 0.3 is 0 Å². The molecule has 1 aromatic rings.